The SMILES string of the molecule is Nc1nc2c(ncn2[C@H]2C[C@H](O)[C@@H](CO[P@](=O)([Se])OP(=O)(O)OP(=O)(O)O)O2)c(=O)[nH]1. The van der Waals surface area contributed by atoms with Crippen LogP contribution < -0.4 is 11.3 Å². The van der Waals surface area contributed by atoms with Gasteiger partial charge in [-0.15, -0.1) is 0 Å². The van der Waals surface area contributed by atoms with Crippen LogP contribution in [0.4, 0.5) is 5.95 Å². The molecule has 0 amide bonds. The molecule has 0 aromatic carbocycles. The molecule has 173 valence electrons. The first-order valence-corrected chi connectivity index (χ1v) is 14.8. The number of nitrogens with two attached hydrogens (primary N) is 1. The summed E-state index contributed by atoms with van der Waals surface area (Å²) in [6.45, 7) is -0.624. The Bertz CT molecular complexity index is 1180. The number of H-pyrrole nitrogens is 1. The molecule has 0 aliphatic carbocycles. The second kappa shape index (κ2) is 8.76. The van der Waals surface area contributed by atoms with Gasteiger partial charge in [-0.1, -0.05) is 0 Å². The van der Waals surface area contributed by atoms with Gasteiger partial charge in [-0.3, -0.25) is 0 Å². The second-order valence-corrected chi connectivity index (χ2v) is 13.3. The molecule has 7 N–H and O–H groups in total. The van der Waals surface area contributed by atoms with Crippen molar-refractivity contribution in [2.24, 2.45) is 0 Å². The van der Waals surface area contributed by atoms with E-state index in [-0.39, 0.29) is 23.5 Å². The van der Waals surface area contributed by atoms with Crippen molar-refractivity contribution in [2.75, 3.05) is 12.3 Å². The zero-order valence-corrected chi connectivity index (χ0v) is 19.3. The van der Waals surface area contributed by atoms with E-state index in [1.165, 1.54) is 10.9 Å². The molecule has 17 nitrogen and oxygen atoms in total. The van der Waals surface area contributed by atoms with E-state index in [0.717, 1.165) is 0 Å². The zero-order chi connectivity index (χ0) is 23.2. The van der Waals surface area contributed by atoms with Crippen LogP contribution in [-0.2, 0) is 31.6 Å². The number of nitrogens with one attached hydrogen (secondary N) is 1. The van der Waals surface area contributed by atoms with Crippen LogP contribution in [0.25, 0.3) is 11.2 Å². The molecule has 1 aliphatic rings. The van der Waals surface area contributed by atoms with Gasteiger partial charge in [-0.05, 0) is 0 Å². The number of ether oxygens (including phenoxy) is 1. The number of imidazole rings is 1. The average Bonchev–Trinajstić information content (AvgIpc) is 3.13. The van der Waals surface area contributed by atoms with Crippen molar-refractivity contribution < 1.29 is 51.4 Å². The number of rotatable bonds is 8. The van der Waals surface area contributed by atoms with E-state index >= 15 is 0 Å². The first-order valence-electron chi connectivity index (χ1n) is 7.98. The maximum absolute atomic E-state index is 12.2. The summed E-state index contributed by atoms with van der Waals surface area (Å²) in [7, 11) is -10.9. The summed E-state index contributed by atoms with van der Waals surface area (Å²) >= 11 is 1.84. The predicted octanol–water partition coefficient (Wildman–Crippen LogP) is -1.13. The number of hydrogen-bond acceptors (Lipinski definition) is 12. The molecule has 21 heteroatoms. The van der Waals surface area contributed by atoms with Crippen LogP contribution >= 0.6 is 21.9 Å². The maximum atomic E-state index is 12.2. The summed E-state index contributed by atoms with van der Waals surface area (Å²) in [5.74, 6) is -0.164. The van der Waals surface area contributed by atoms with E-state index in [1.807, 2.05) is 15.6 Å². The zero-order valence-electron chi connectivity index (χ0n) is 14.9. The molecule has 0 bridgehead atoms. The number of aliphatic hydroxyl groups excluding tert-OH is 1. The summed E-state index contributed by atoms with van der Waals surface area (Å²) in [5.41, 5.74) is 5.02. The molecule has 3 heterocycles. The first-order chi connectivity index (χ1) is 14.2. The summed E-state index contributed by atoms with van der Waals surface area (Å²) in [5, 5.41) is 10.2. The number of nitrogens with zero attached hydrogens (tertiary/aromatic N) is 3. The molecule has 1 unspecified atom stereocenters. The normalized spacial score (nSPS) is 26.0. The average molecular weight is 569 g/mol. The Morgan fingerprint density at radius 2 is 2.00 bits per heavy atom. The van der Waals surface area contributed by atoms with Crippen LogP contribution in [0.5, 0.6) is 0 Å². The van der Waals surface area contributed by atoms with E-state index in [4.69, 9.17) is 24.8 Å². The van der Waals surface area contributed by atoms with Gasteiger partial charge in [0.2, 0.25) is 0 Å². The molecular weight excluding hydrogens is 554 g/mol. The Kier molecular flexibility index (Phi) is 6.98. The fourth-order valence-corrected chi connectivity index (χ4v) is 7.62. The van der Waals surface area contributed by atoms with E-state index in [0.29, 0.717) is 0 Å². The summed E-state index contributed by atoms with van der Waals surface area (Å²) in [6.07, 6.45) is -6.44. The van der Waals surface area contributed by atoms with Crippen LogP contribution in [0.1, 0.15) is 12.6 Å². The topological polar surface area (TPSA) is 259 Å². The fourth-order valence-electron chi connectivity index (χ4n) is 2.65. The minimum absolute atomic E-state index is 0.0168. The Balaban J connectivity index is 1.67. The fraction of sp³-hybridized carbons (Fsp3) is 0.500. The van der Waals surface area contributed by atoms with Gasteiger partial charge in [0.25, 0.3) is 0 Å². The van der Waals surface area contributed by atoms with Crippen molar-refractivity contribution in [3.8, 4) is 0 Å². The third-order valence-electron chi connectivity index (χ3n) is 3.77. The van der Waals surface area contributed by atoms with Crippen molar-refractivity contribution in [1.82, 2.24) is 19.5 Å². The Morgan fingerprint density at radius 1 is 1.32 bits per heavy atom. The van der Waals surface area contributed by atoms with Gasteiger partial charge in [0.1, 0.15) is 0 Å². The number of anilines is 1. The molecular formula is C10H15N5O12P3Se. The van der Waals surface area contributed by atoms with Crippen LogP contribution in [-0.4, -0.2) is 73.7 Å². The monoisotopic (exact) mass is 570 g/mol. The van der Waals surface area contributed by atoms with Crippen molar-refractivity contribution in [2.45, 2.75) is 24.9 Å². The molecule has 1 aliphatic heterocycles. The standard InChI is InChI=1S/C10H15N5O12P3Se/c11-10-13-8-7(9(17)14-10)12-3-15(8)6-1-4(16)5(25-6)2-24-30(23,31)27-29(21,22)26-28(18,19)20/h3-6,16H,1-2H2,(H,21,22)(H2,18,19,20)(H3,11,13,14,17)/t4-,5+,6+,30-/m0/s1. The van der Waals surface area contributed by atoms with E-state index in [1.54, 1.807) is 0 Å². The number of aromatic nitrogens is 4. The minimum atomic E-state index is -5.45. The van der Waals surface area contributed by atoms with Gasteiger partial charge in [0, 0.05) is 0 Å². The number of aliphatic hydroxyl groups is 1. The van der Waals surface area contributed by atoms with Crippen LogP contribution in [0.3, 0.4) is 0 Å². The van der Waals surface area contributed by atoms with Gasteiger partial charge < -0.3 is 0 Å². The van der Waals surface area contributed by atoms with Crippen molar-refractivity contribution in [3.05, 3.63) is 16.7 Å². The molecule has 1 radical (unpaired) electrons. The van der Waals surface area contributed by atoms with Crippen LogP contribution in [0.2, 0.25) is 0 Å². The van der Waals surface area contributed by atoms with E-state index in [2.05, 4.69) is 23.6 Å². The first kappa shape index (κ1) is 24.7. The molecule has 2 aromatic rings. The molecule has 1 saturated heterocycles. The van der Waals surface area contributed by atoms with Crippen LogP contribution in [0, 0.1) is 0 Å². The molecule has 1 fully saturated rings. The summed E-state index contributed by atoms with van der Waals surface area (Å²) in [4.78, 5) is 48.4. The van der Waals surface area contributed by atoms with Crippen LogP contribution in [0.15, 0.2) is 11.1 Å². The molecule has 31 heavy (non-hydrogen) atoms. The molecule has 2 aromatic heterocycles. The van der Waals surface area contributed by atoms with E-state index in [9.17, 15) is 28.5 Å². The van der Waals surface area contributed by atoms with Crippen molar-refractivity contribution in [3.63, 3.8) is 0 Å². The molecule has 3 rings (SSSR count). The summed E-state index contributed by atoms with van der Waals surface area (Å²) < 4.78 is 53.7. The quantitative estimate of drug-likeness (QED) is 0.162. The Morgan fingerprint density at radius 3 is 2.65 bits per heavy atom. The summed E-state index contributed by atoms with van der Waals surface area (Å²) in [6, 6.07) is 0. The third kappa shape index (κ3) is 6.30. The van der Waals surface area contributed by atoms with Gasteiger partial charge in [-0.25, -0.2) is 0 Å². The van der Waals surface area contributed by atoms with Gasteiger partial charge in [0.15, 0.2) is 0 Å². The second-order valence-electron chi connectivity index (χ2n) is 6.07. The molecule has 0 saturated carbocycles. The number of aromatic amines is 1. The number of fused-ring (bicyclic) bond motifs is 1. The number of hydrogen-bond donors (Lipinski definition) is 6. The van der Waals surface area contributed by atoms with E-state index < -0.39 is 52.5 Å². The third-order valence-corrected chi connectivity index (χ3v) is 9.46. The van der Waals surface area contributed by atoms with Crippen molar-refractivity contribution in [1.29, 1.82) is 0 Å². The number of nitrogen functional groups attached to an aromatic ring is 1. The Labute approximate surface area is 179 Å². The molecule has 5 atom stereocenters. The molecule has 0 spiro atoms. The van der Waals surface area contributed by atoms with Gasteiger partial charge >= 0.3 is 179 Å². The predicted molar refractivity (Wildman–Crippen MR) is 100 cm³/mol. The van der Waals surface area contributed by atoms with Gasteiger partial charge in [-0.2, -0.15) is 0 Å². The van der Waals surface area contributed by atoms with Crippen molar-refractivity contribution >= 4 is 54.6 Å². The Hall–Kier alpha value is -0.961. The van der Waals surface area contributed by atoms with Gasteiger partial charge in [0.05, 0.1) is 0 Å². The number of phosphoric acid groups is 2.